The van der Waals surface area contributed by atoms with E-state index in [2.05, 4.69) is 222 Å². The summed E-state index contributed by atoms with van der Waals surface area (Å²) < 4.78 is 2.89. The maximum atomic E-state index is 2.79. The van der Waals surface area contributed by atoms with E-state index in [1.54, 1.807) is 0 Å². The summed E-state index contributed by atoms with van der Waals surface area (Å²) in [5, 5.41) is 1.40. The van der Waals surface area contributed by atoms with Crippen molar-refractivity contribution in [1.29, 1.82) is 0 Å². The van der Waals surface area contributed by atoms with Gasteiger partial charge in [0.2, 0.25) is 0 Å². The number of aryl methyl sites for hydroxylation is 2. The Kier molecular flexibility index (Phi) is 8.77. The predicted molar refractivity (Wildman–Crippen MR) is 292 cm³/mol. The van der Waals surface area contributed by atoms with Crippen molar-refractivity contribution in [3.05, 3.63) is 147 Å². The molecule has 0 bridgehead atoms. The monoisotopic (exact) mass is 897 g/mol. The topological polar surface area (TPSA) is 6.48 Å². The van der Waals surface area contributed by atoms with Crippen LogP contribution in [0, 0.1) is 13.8 Å². The third-order valence-electron chi connectivity index (χ3n) is 17.8. The quantitative estimate of drug-likeness (QED) is 0.160. The zero-order valence-corrected chi connectivity index (χ0v) is 43.8. The standard InChI is InChI=1S/C63H69BN2S/c1-36-27-37(2)29-39(28-36)65-50-34-46-45(60(8,9)24-25-61(46,10)11)33-48(50)64-55-51(65)30-38(58(3,4)5)31-52(55)66(49-22-18-21-43-54(49)40-19-16-17-20-42(40)63(43,14)15)56-41-32-44-47(35-53(41)67-57(56)64)62(12,13)26-23-59(44,6)7/h16-22,27-35H,23-26H2,1-15H3. The molecule has 12 rings (SSSR count). The number of fused-ring (bicyclic) bond motifs is 11. The fourth-order valence-corrected chi connectivity index (χ4v) is 14.9. The van der Waals surface area contributed by atoms with E-state index in [9.17, 15) is 0 Å². The van der Waals surface area contributed by atoms with Crippen molar-refractivity contribution in [3.8, 4) is 11.1 Å². The van der Waals surface area contributed by atoms with Gasteiger partial charge in [0.05, 0.1) is 11.4 Å². The highest BCUT2D eigenvalue weighted by molar-refractivity contribution is 7.33. The van der Waals surface area contributed by atoms with Crippen LogP contribution in [-0.2, 0) is 32.5 Å². The highest BCUT2D eigenvalue weighted by Gasteiger charge is 2.50. The number of nitrogens with zero attached hydrogens (tertiary/aromatic N) is 2. The zero-order chi connectivity index (χ0) is 47.3. The van der Waals surface area contributed by atoms with Crippen molar-refractivity contribution < 1.29 is 0 Å². The fourth-order valence-electron chi connectivity index (χ4n) is 13.6. The summed E-state index contributed by atoms with van der Waals surface area (Å²) in [6.07, 6.45) is 4.76. The van der Waals surface area contributed by atoms with Crippen molar-refractivity contribution in [1.82, 2.24) is 0 Å². The summed E-state index contributed by atoms with van der Waals surface area (Å²) in [6.45, 7) is 36.6. The molecule has 0 radical (unpaired) electrons. The van der Waals surface area contributed by atoms with E-state index >= 15 is 0 Å². The van der Waals surface area contributed by atoms with Crippen molar-refractivity contribution in [2.24, 2.45) is 0 Å². The van der Waals surface area contributed by atoms with Crippen LogP contribution in [0.4, 0.5) is 34.1 Å². The van der Waals surface area contributed by atoms with Gasteiger partial charge in [-0.15, -0.1) is 11.3 Å². The van der Waals surface area contributed by atoms with E-state index in [0.717, 1.165) is 0 Å². The predicted octanol–water partition coefficient (Wildman–Crippen LogP) is 15.9. The van der Waals surface area contributed by atoms with Crippen LogP contribution in [0.5, 0.6) is 0 Å². The van der Waals surface area contributed by atoms with Crippen LogP contribution in [0.15, 0.2) is 97.1 Å². The molecule has 3 aliphatic carbocycles. The minimum absolute atomic E-state index is 0.0597. The van der Waals surface area contributed by atoms with Gasteiger partial charge in [-0.25, -0.2) is 0 Å². The molecule has 0 spiro atoms. The SMILES string of the molecule is Cc1cc(C)cc(N2c3cc4c(cc3B3c5sc6cc7c(cc6c5N(c5cccc6c5-c5ccccc5C6(C)C)c5cc(C(C)(C)C)cc2c53)C(C)(C)CCC7(C)C)C(C)(C)CCC4(C)C)c1. The average Bonchev–Trinajstić information content (AvgIpc) is 3.74. The Hall–Kier alpha value is -5.06. The first-order chi connectivity index (χ1) is 31.4. The van der Waals surface area contributed by atoms with Crippen molar-refractivity contribution in [3.63, 3.8) is 0 Å². The minimum Gasteiger partial charge on any atom is -0.311 e. The van der Waals surface area contributed by atoms with Gasteiger partial charge in [0.25, 0.3) is 6.71 Å². The van der Waals surface area contributed by atoms with Gasteiger partial charge in [0.15, 0.2) is 0 Å². The Morgan fingerprint density at radius 3 is 1.70 bits per heavy atom. The van der Waals surface area contributed by atoms with Crippen LogP contribution in [0.1, 0.15) is 166 Å². The van der Waals surface area contributed by atoms with Crippen molar-refractivity contribution in [2.75, 3.05) is 9.80 Å². The van der Waals surface area contributed by atoms with E-state index in [4.69, 9.17) is 0 Å². The van der Waals surface area contributed by atoms with Gasteiger partial charge in [-0.05, 0) is 182 Å². The second-order valence-corrected chi connectivity index (χ2v) is 26.8. The molecule has 5 aliphatic rings. The summed E-state index contributed by atoms with van der Waals surface area (Å²) in [6, 6.07) is 39.6. The van der Waals surface area contributed by atoms with Gasteiger partial charge in [-0.1, -0.05) is 139 Å². The van der Waals surface area contributed by atoms with Crippen molar-refractivity contribution >= 4 is 78.0 Å². The number of anilines is 6. The van der Waals surface area contributed by atoms with Crippen LogP contribution in [-0.4, -0.2) is 6.71 Å². The number of benzene rings is 6. The molecule has 340 valence electrons. The summed E-state index contributed by atoms with van der Waals surface area (Å²) in [4.78, 5) is 5.49. The van der Waals surface area contributed by atoms with E-state index in [1.165, 1.54) is 147 Å². The molecule has 0 saturated heterocycles. The van der Waals surface area contributed by atoms with Gasteiger partial charge in [0, 0.05) is 48.6 Å². The number of thiophene rings is 1. The molecule has 67 heavy (non-hydrogen) atoms. The lowest BCUT2D eigenvalue weighted by atomic mass is 9.35. The maximum Gasteiger partial charge on any atom is 0.264 e. The summed E-state index contributed by atoms with van der Waals surface area (Å²) in [5.41, 5.74) is 26.5. The molecule has 2 aliphatic heterocycles. The molecular formula is C63H69BN2S. The molecule has 0 atom stereocenters. The number of hydrogen-bond donors (Lipinski definition) is 0. The molecule has 0 amide bonds. The highest BCUT2D eigenvalue weighted by Crippen LogP contribution is 2.58. The van der Waals surface area contributed by atoms with E-state index in [0.29, 0.717) is 0 Å². The second-order valence-electron chi connectivity index (χ2n) is 25.7. The Bertz CT molecular complexity index is 3290. The Balaban J connectivity index is 1.28. The fraction of sp³-hybridized carbons (Fsp3) is 0.397. The molecule has 0 N–H and O–H groups in total. The van der Waals surface area contributed by atoms with Gasteiger partial charge in [-0.3, -0.25) is 0 Å². The van der Waals surface area contributed by atoms with Crippen LogP contribution in [0.3, 0.4) is 0 Å². The summed E-state index contributed by atoms with van der Waals surface area (Å²) in [5.74, 6) is 0. The summed E-state index contributed by atoms with van der Waals surface area (Å²) >= 11 is 2.08. The minimum atomic E-state index is -0.125. The molecule has 2 nitrogen and oxygen atoms in total. The second kappa shape index (κ2) is 13.6. The lowest BCUT2D eigenvalue weighted by Gasteiger charge is -2.47. The molecule has 4 heteroatoms. The molecule has 7 aromatic rings. The van der Waals surface area contributed by atoms with Crippen LogP contribution < -0.4 is 25.5 Å². The first-order valence-corrected chi connectivity index (χ1v) is 26.1. The van der Waals surface area contributed by atoms with Gasteiger partial charge in [0.1, 0.15) is 0 Å². The molecule has 0 saturated carbocycles. The van der Waals surface area contributed by atoms with Crippen LogP contribution in [0.25, 0.3) is 21.2 Å². The largest absolute Gasteiger partial charge is 0.311 e. The Morgan fingerprint density at radius 1 is 0.522 bits per heavy atom. The third kappa shape index (κ3) is 5.99. The third-order valence-corrected chi connectivity index (χ3v) is 19.0. The van der Waals surface area contributed by atoms with E-state index in [1.807, 2.05) is 0 Å². The molecule has 0 unspecified atom stereocenters. The van der Waals surface area contributed by atoms with E-state index in [-0.39, 0.29) is 39.2 Å². The first-order valence-electron chi connectivity index (χ1n) is 25.3. The maximum absolute atomic E-state index is 2.79. The average molecular weight is 897 g/mol. The first kappa shape index (κ1) is 43.2. The van der Waals surface area contributed by atoms with Gasteiger partial charge < -0.3 is 9.80 Å². The van der Waals surface area contributed by atoms with Crippen LogP contribution >= 0.6 is 11.3 Å². The smallest absolute Gasteiger partial charge is 0.264 e. The summed E-state index contributed by atoms with van der Waals surface area (Å²) in [7, 11) is 0. The van der Waals surface area contributed by atoms with Gasteiger partial charge >= 0.3 is 0 Å². The normalized spacial score (nSPS) is 19.5. The zero-order valence-electron chi connectivity index (χ0n) is 42.9. The molecule has 1 aromatic heterocycles. The molecule has 0 fully saturated rings. The van der Waals surface area contributed by atoms with Crippen LogP contribution in [0.2, 0.25) is 0 Å². The Labute approximate surface area is 405 Å². The number of rotatable bonds is 2. The number of hydrogen-bond acceptors (Lipinski definition) is 3. The lowest BCUT2D eigenvalue weighted by molar-refractivity contribution is 0.332. The lowest BCUT2D eigenvalue weighted by Crippen LogP contribution is -2.61. The molecular weight excluding hydrogens is 828 g/mol. The van der Waals surface area contributed by atoms with Crippen molar-refractivity contribution in [2.45, 2.75) is 162 Å². The molecule has 3 heterocycles. The van der Waals surface area contributed by atoms with Gasteiger partial charge in [-0.2, -0.15) is 0 Å². The highest BCUT2D eigenvalue weighted by atomic mass is 32.1. The Morgan fingerprint density at radius 2 is 1.07 bits per heavy atom. The molecule has 6 aromatic carbocycles. The van der Waals surface area contributed by atoms with E-state index < -0.39 is 0 Å².